The standard InChI is InChI=1S/C9H14O3/c1-7(9(10)11)5-8-3-2-4-12-6-8/h5,8H,2-4,6H2,1H3,(H,10,11). The molecular weight excluding hydrogens is 156 g/mol. The molecule has 1 aliphatic heterocycles. The maximum Gasteiger partial charge on any atom is 0.330 e. The van der Waals surface area contributed by atoms with Crippen LogP contribution in [0.15, 0.2) is 11.6 Å². The SMILES string of the molecule is CC(=CC1CCCOC1)C(=O)O. The number of carbonyl (C=O) groups is 1. The Morgan fingerprint density at radius 2 is 2.42 bits per heavy atom. The van der Waals surface area contributed by atoms with E-state index in [1.54, 1.807) is 13.0 Å². The first-order chi connectivity index (χ1) is 5.70. The van der Waals surface area contributed by atoms with Crippen molar-refractivity contribution in [2.75, 3.05) is 13.2 Å². The zero-order valence-electron chi connectivity index (χ0n) is 7.25. The molecule has 0 saturated carbocycles. The zero-order chi connectivity index (χ0) is 8.97. The third-order valence-corrected chi connectivity index (χ3v) is 2.02. The summed E-state index contributed by atoms with van der Waals surface area (Å²) >= 11 is 0. The van der Waals surface area contributed by atoms with E-state index in [0.29, 0.717) is 18.1 Å². The van der Waals surface area contributed by atoms with Crippen molar-refractivity contribution in [3.8, 4) is 0 Å². The van der Waals surface area contributed by atoms with Crippen molar-refractivity contribution in [2.24, 2.45) is 5.92 Å². The first kappa shape index (κ1) is 9.26. The van der Waals surface area contributed by atoms with Gasteiger partial charge in [0.25, 0.3) is 0 Å². The summed E-state index contributed by atoms with van der Waals surface area (Å²) in [6.45, 7) is 3.11. The van der Waals surface area contributed by atoms with Gasteiger partial charge in [-0.3, -0.25) is 0 Å². The molecule has 3 heteroatoms. The van der Waals surface area contributed by atoms with Crippen LogP contribution in [-0.2, 0) is 9.53 Å². The smallest absolute Gasteiger partial charge is 0.330 e. The van der Waals surface area contributed by atoms with Crippen molar-refractivity contribution >= 4 is 5.97 Å². The van der Waals surface area contributed by atoms with E-state index in [2.05, 4.69) is 0 Å². The lowest BCUT2D eigenvalue weighted by Crippen LogP contribution is -2.16. The van der Waals surface area contributed by atoms with E-state index in [1.807, 2.05) is 0 Å². The summed E-state index contributed by atoms with van der Waals surface area (Å²) in [6.07, 6.45) is 3.88. The average molecular weight is 170 g/mol. The van der Waals surface area contributed by atoms with Gasteiger partial charge in [-0.05, 0) is 19.8 Å². The van der Waals surface area contributed by atoms with E-state index in [9.17, 15) is 4.79 Å². The minimum Gasteiger partial charge on any atom is -0.478 e. The van der Waals surface area contributed by atoms with Crippen molar-refractivity contribution < 1.29 is 14.6 Å². The normalized spacial score (nSPS) is 25.4. The van der Waals surface area contributed by atoms with Crippen LogP contribution < -0.4 is 0 Å². The lowest BCUT2D eigenvalue weighted by molar-refractivity contribution is -0.132. The average Bonchev–Trinajstić information content (AvgIpc) is 2.06. The highest BCUT2D eigenvalue weighted by Crippen LogP contribution is 2.16. The van der Waals surface area contributed by atoms with E-state index in [0.717, 1.165) is 19.4 Å². The monoisotopic (exact) mass is 170 g/mol. The topological polar surface area (TPSA) is 46.5 Å². The highest BCUT2D eigenvalue weighted by atomic mass is 16.5. The molecule has 1 N–H and O–H groups in total. The first-order valence-electron chi connectivity index (χ1n) is 4.19. The lowest BCUT2D eigenvalue weighted by atomic mass is 10.00. The molecule has 0 aromatic rings. The van der Waals surface area contributed by atoms with Gasteiger partial charge >= 0.3 is 5.97 Å². The molecule has 1 atom stereocenters. The first-order valence-corrected chi connectivity index (χ1v) is 4.19. The van der Waals surface area contributed by atoms with Gasteiger partial charge in [0.1, 0.15) is 0 Å². The molecule has 0 aromatic carbocycles. The number of hydrogen-bond acceptors (Lipinski definition) is 2. The predicted molar refractivity (Wildman–Crippen MR) is 44.9 cm³/mol. The van der Waals surface area contributed by atoms with E-state index in [1.165, 1.54) is 0 Å². The van der Waals surface area contributed by atoms with Gasteiger partial charge in [0, 0.05) is 18.1 Å². The van der Waals surface area contributed by atoms with Gasteiger partial charge in [0.15, 0.2) is 0 Å². The Hall–Kier alpha value is -0.830. The number of rotatable bonds is 2. The van der Waals surface area contributed by atoms with Crippen LogP contribution in [-0.4, -0.2) is 24.3 Å². The molecule has 3 nitrogen and oxygen atoms in total. The summed E-state index contributed by atoms with van der Waals surface area (Å²) in [7, 11) is 0. The van der Waals surface area contributed by atoms with Gasteiger partial charge < -0.3 is 9.84 Å². The van der Waals surface area contributed by atoms with Gasteiger partial charge in [-0.25, -0.2) is 4.79 Å². The fraction of sp³-hybridized carbons (Fsp3) is 0.667. The molecule has 1 rings (SSSR count). The molecule has 1 unspecified atom stereocenters. The van der Waals surface area contributed by atoms with Gasteiger partial charge in [0.2, 0.25) is 0 Å². The number of carboxylic acid groups (broad SMARTS) is 1. The molecule has 68 valence electrons. The van der Waals surface area contributed by atoms with Crippen molar-refractivity contribution in [3.63, 3.8) is 0 Å². The van der Waals surface area contributed by atoms with Gasteiger partial charge in [-0.15, -0.1) is 0 Å². The Morgan fingerprint density at radius 1 is 1.67 bits per heavy atom. The van der Waals surface area contributed by atoms with Gasteiger partial charge in [-0.2, -0.15) is 0 Å². The van der Waals surface area contributed by atoms with Crippen LogP contribution in [0.2, 0.25) is 0 Å². The molecular formula is C9H14O3. The molecule has 0 spiro atoms. The van der Waals surface area contributed by atoms with Crippen molar-refractivity contribution in [1.29, 1.82) is 0 Å². The van der Waals surface area contributed by atoms with Crippen LogP contribution in [0.1, 0.15) is 19.8 Å². The highest BCUT2D eigenvalue weighted by molar-refractivity contribution is 5.85. The number of carboxylic acids is 1. The summed E-state index contributed by atoms with van der Waals surface area (Å²) in [6, 6.07) is 0. The molecule has 0 aliphatic carbocycles. The van der Waals surface area contributed by atoms with Gasteiger partial charge in [0.05, 0.1) is 6.61 Å². The molecule has 1 saturated heterocycles. The Kier molecular flexibility index (Phi) is 3.29. The van der Waals surface area contributed by atoms with Gasteiger partial charge in [-0.1, -0.05) is 6.08 Å². The summed E-state index contributed by atoms with van der Waals surface area (Å²) in [5, 5.41) is 8.60. The fourth-order valence-corrected chi connectivity index (χ4v) is 1.32. The van der Waals surface area contributed by atoms with Crippen molar-refractivity contribution in [2.45, 2.75) is 19.8 Å². The maximum atomic E-state index is 10.5. The summed E-state index contributed by atoms with van der Waals surface area (Å²) in [4.78, 5) is 10.5. The minimum atomic E-state index is -0.833. The molecule has 12 heavy (non-hydrogen) atoms. The predicted octanol–water partition coefficient (Wildman–Crippen LogP) is 1.44. The molecule has 1 fully saturated rings. The second kappa shape index (κ2) is 4.26. The van der Waals surface area contributed by atoms with E-state index in [-0.39, 0.29) is 0 Å². The summed E-state index contributed by atoms with van der Waals surface area (Å²) < 4.78 is 5.23. The van der Waals surface area contributed by atoms with E-state index in [4.69, 9.17) is 9.84 Å². The highest BCUT2D eigenvalue weighted by Gasteiger charge is 2.12. The molecule has 0 radical (unpaired) electrons. The summed E-state index contributed by atoms with van der Waals surface area (Å²) in [5.41, 5.74) is 0.422. The number of aliphatic carboxylic acids is 1. The fourth-order valence-electron chi connectivity index (χ4n) is 1.32. The van der Waals surface area contributed by atoms with Crippen molar-refractivity contribution in [3.05, 3.63) is 11.6 Å². The second-order valence-electron chi connectivity index (χ2n) is 3.13. The van der Waals surface area contributed by atoms with Crippen LogP contribution >= 0.6 is 0 Å². The third kappa shape index (κ3) is 2.66. The van der Waals surface area contributed by atoms with Crippen LogP contribution in [0.25, 0.3) is 0 Å². The maximum absolute atomic E-state index is 10.5. The Labute approximate surface area is 72.0 Å². The lowest BCUT2D eigenvalue weighted by Gasteiger charge is -2.18. The Morgan fingerprint density at radius 3 is 2.92 bits per heavy atom. The molecule has 1 aliphatic rings. The molecule has 0 bridgehead atoms. The third-order valence-electron chi connectivity index (χ3n) is 2.02. The minimum absolute atomic E-state index is 0.301. The largest absolute Gasteiger partial charge is 0.478 e. The quantitative estimate of drug-likeness (QED) is 0.638. The Bertz CT molecular complexity index is 190. The van der Waals surface area contributed by atoms with Crippen LogP contribution in [0.4, 0.5) is 0 Å². The van der Waals surface area contributed by atoms with E-state index >= 15 is 0 Å². The zero-order valence-corrected chi connectivity index (χ0v) is 7.25. The van der Waals surface area contributed by atoms with Crippen molar-refractivity contribution in [1.82, 2.24) is 0 Å². The molecule has 0 aromatic heterocycles. The second-order valence-corrected chi connectivity index (χ2v) is 3.13. The Balaban J connectivity index is 2.47. The van der Waals surface area contributed by atoms with Crippen LogP contribution in [0.3, 0.4) is 0 Å². The number of ether oxygens (including phenoxy) is 1. The molecule has 0 amide bonds. The summed E-state index contributed by atoms with van der Waals surface area (Å²) in [5.74, 6) is -0.532. The van der Waals surface area contributed by atoms with Crippen LogP contribution in [0.5, 0.6) is 0 Å². The van der Waals surface area contributed by atoms with Crippen LogP contribution in [0, 0.1) is 5.92 Å². The molecule has 1 heterocycles. The van der Waals surface area contributed by atoms with E-state index < -0.39 is 5.97 Å². The number of hydrogen-bond donors (Lipinski definition) is 1.